The lowest BCUT2D eigenvalue weighted by Gasteiger charge is -2.14. The van der Waals surface area contributed by atoms with Crippen molar-refractivity contribution in [2.75, 3.05) is 19.4 Å². The molecule has 1 N–H and O–H groups in total. The number of nitrogens with one attached hydrogen (secondary N) is 1. The van der Waals surface area contributed by atoms with Crippen molar-refractivity contribution in [2.45, 2.75) is 22.8 Å². The topological polar surface area (TPSA) is 66.5 Å². The molecule has 26 heavy (non-hydrogen) atoms. The van der Waals surface area contributed by atoms with Crippen molar-refractivity contribution < 1.29 is 17.6 Å². The van der Waals surface area contributed by atoms with E-state index in [2.05, 4.69) is 5.32 Å². The SMILES string of the molecule is CC(SCc1cccc(S(=O)(=O)N(C)C)c1)C(=O)Nc1ccccc1F. The van der Waals surface area contributed by atoms with Gasteiger partial charge < -0.3 is 5.32 Å². The average Bonchev–Trinajstić information content (AvgIpc) is 2.61. The lowest BCUT2D eigenvalue weighted by molar-refractivity contribution is -0.115. The molecule has 0 radical (unpaired) electrons. The fraction of sp³-hybridized carbons (Fsp3) is 0.278. The van der Waals surface area contributed by atoms with Gasteiger partial charge in [0.15, 0.2) is 0 Å². The summed E-state index contributed by atoms with van der Waals surface area (Å²) >= 11 is 1.35. The number of amides is 1. The van der Waals surface area contributed by atoms with Gasteiger partial charge in [-0.1, -0.05) is 24.3 Å². The van der Waals surface area contributed by atoms with Gasteiger partial charge in [0, 0.05) is 19.8 Å². The number of rotatable bonds is 7. The van der Waals surface area contributed by atoms with Gasteiger partial charge in [-0.25, -0.2) is 17.1 Å². The molecule has 1 atom stereocenters. The molecular weight excluding hydrogens is 375 g/mol. The second-order valence-electron chi connectivity index (χ2n) is 5.86. The van der Waals surface area contributed by atoms with Crippen molar-refractivity contribution in [1.82, 2.24) is 4.31 Å². The van der Waals surface area contributed by atoms with E-state index >= 15 is 0 Å². The second-order valence-corrected chi connectivity index (χ2v) is 9.34. The Bertz CT molecular complexity index is 886. The zero-order chi connectivity index (χ0) is 19.3. The first kappa shape index (κ1) is 20.4. The molecule has 0 aliphatic rings. The maximum absolute atomic E-state index is 13.6. The number of sulfonamides is 1. The van der Waals surface area contributed by atoms with Gasteiger partial charge in [0.25, 0.3) is 0 Å². The van der Waals surface area contributed by atoms with Crippen LogP contribution in [0.4, 0.5) is 10.1 Å². The molecule has 0 saturated heterocycles. The first-order valence-corrected chi connectivity index (χ1v) is 10.4. The predicted octanol–water partition coefficient (Wildman–Crippen LogP) is 3.34. The molecule has 140 valence electrons. The van der Waals surface area contributed by atoms with Crippen LogP contribution in [0.15, 0.2) is 53.4 Å². The van der Waals surface area contributed by atoms with E-state index in [-0.39, 0.29) is 16.5 Å². The monoisotopic (exact) mass is 396 g/mol. The van der Waals surface area contributed by atoms with E-state index in [9.17, 15) is 17.6 Å². The van der Waals surface area contributed by atoms with Crippen molar-refractivity contribution in [2.24, 2.45) is 0 Å². The van der Waals surface area contributed by atoms with Gasteiger partial charge in [-0.05, 0) is 36.8 Å². The fourth-order valence-electron chi connectivity index (χ4n) is 2.10. The molecule has 2 aromatic carbocycles. The number of para-hydroxylation sites is 1. The summed E-state index contributed by atoms with van der Waals surface area (Å²) in [6.07, 6.45) is 0. The van der Waals surface area contributed by atoms with Crippen LogP contribution in [0.1, 0.15) is 12.5 Å². The van der Waals surface area contributed by atoms with Gasteiger partial charge in [-0.2, -0.15) is 0 Å². The summed E-state index contributed by atoms with van der Waals surface area (Å²) in [5.74, 6) is -0.334. The summed E-state index contributed by atoms with van der Waals surface area (Å²) in [6.45, 7) is 1.72. The van der Waals surface area contributed by atoms with Crippen molar-refractivity contribution in [1.29, 1.82) is 0 Å². The third-order valence-corrected chi connectivity index (χ3v) is 6.70. The zero-order valence-electron chi connectivity index (χ0n) is 14.8. The van der Waals surface area contributed by atoms with Crippen molar-refractivity contribution in [3.8, 4) is 0 Å². The Morgan fingerprint density at radius 3 is 2.54 bits per heavy atom. The molecule has 0 heterocycles. The normalized spacial score (nSPS) is 12.8. The number of nitrogens with zero attached hydrogens (tertiary/aromatic N) is 1. The molecule has 0 aliphatic carbocycles. The maximum Gasteiger partial charge on any atom is 0.242 e. The summed E-state index contributed by atoms with van der Waals surface area (Å²) in [5, 5.41) is 2.13. The van der Waals surface area contributed by atoms with E-state index in [0.717, 1.165) is 9.87 Å². The van der Waals surface area contributed by atoms with Gasteiger partial charge in [0.05, 0.1) is 15.8 Å². The minimum absolute atomic E-state index is 0.143. The third kappa shape index (κ3) is 5.06. The van der Waals surface area contributed by atoms with E-state index in [1.807, 2.05) is 6.07 Å². The number of benzene rings is 2. The number of carbonyl (C=O) groups is 1. The summed E-state index contributed by atoms with van der Waals surface area (Å²) in [5.41, 5.74) is 0.937. The maximum atomic E-state index is 13.6. The average molecular weight is 397 g/mol. The van der Waals surface area contributed by atoms with Crippen molar-refractivity contribution >= 4 is 33.4 Å². The Hall–Kier alpha value is -1.90. The number of anilines is 1. The minimum atomic E-state index is -3.50. The Kier molecular flexibility index (Phi) is 6.80. The molecule has 8 heteroatoms. The summed E-state index contributed by atoms with van der Waals surface area (Å²) in [6, 6.07) is 12.6. The van der Waals surface area contributed by atoms with Crippen LogP contribution in [0.5, 0.6) is 0 Å². The largest absolute Gasteiger partial charge is 0.323 e. The smallest absolute Gasteiger partial charge is 0.242 e. The molecule has 2 rings (SSSR count). The summed E-state index contributed by atoms with van der Waals surface area (Å²) in [7, 11) is -0.541. The van der Waals surface area contributed by atoms with Crippen LogP contribution in [0.25, 0.3) is 0 Å². The number of hydrogen-bond acceptors (Lipinski definition) is 4. The molecule has 0 fully saturated rings. The second kappa shape index (κ2) is 8.66. The van der Waals surface area contributed by atoms with Gasteiger partial charge in [-0.3, -0.25) is 4.79 Å². The number of hydrogen-bond donors (Lipinski definition) is 1. The molecule has 0 spiro atoms. The van der Waals surface area contributed by atoms with Gasteiger partial charge in [0.2, 0.25) is 15.9 Å². The van der Waals surface area contributed by atoms with Crippen LogP contribution < -0.4 is 5.32 Å². The molecule has 1 unspecified atom stereocenters. The molecule has 0 aliphatic heterocycles. The quantitative estimate of drug-likeness (QED) is 0.780. The van der Waals surface area contributed by atoms with Crippen LogP contribution in [0.3, 0.4) is 0 Å². The summed E-state index contributed by atoms with van der Waals surface area (Å²) in [4.78, 5) is 12.4. The third-order valence-electron chi connectivity index (χ3n) is 3.68. The molecule has 5 nitrogen and oxygen atoms in total. The molecule has 0 bridgehead atoms. The van der Waals surface area contributed by atoms with Crippen molar-refractivity contribution in [3.05, 3.63) is 59.9 Å². The lowest BCUT2D eigenvalue weighted by Crippen LogP contribution is -2.23. The minimum Gasteiger partial charge on any atom is -0.323 e. The fourth-order valence-corrected chi connectivity index (χ4v) is 3.91. The van der Waals surface area contributed by atoms with Crippen molar-refractivity contribution in [3.63, 3.8) is 0 Å². The molecule has 0 saturated carbocycles. The Labute approximate surface area is 157 Å². The molecule has 2 aromatic rings. The van der Waals surface area contributed by atoms with Crippen LogP contribution >= 0.6 is 11.8 Å². The number of thioether (sulfide) groups is 1. The van der Waals surface area contributed by atoms with Gasteiger partial charge in [-0.15, -0.1) is 11.8 Å². The standard InChI is InChI=1S/C18H21FN2O3S2/c1-13(18(22)20-17-10-5-4-9-16(17)19)25-12-14-7-6-8-15(11-14)26(23,24)21(2)3/h4-11,13H,12H2,1-3H3,(H,20,22). The van der Waals surface area contributed by atoms with Crippen LogP contribution in [0, 0.1) is 5.82 Å². The predicted molar refractivity (Wildman–Crippen MR) is 103 cm³/mol. The first-order chi connectivity index (χ1) is 12.2. The number of halogens is 1. The Morgan fingerprint density at radius 2 is 1.88 bits per heavy atom. The highest BCUT2D eigenvalue weighted by Crippen LogP contribution is 2.22. The van der Waals surface area contributed by atoms with E-state index < -0.39 is 21.1 Å². The Balaban J connectivity index is 2.00. The molecular formula is C18H21FN2O3S2. The highest BCUT2D eigenvalue weighted by molar-refractivity contribution is 7.99. The van der Waals surface area contributed by atoms with Crippen LogP contribution in [-0.4, -0.2) is 38.0 Å². The van der Waals surface area contributed by atoms with E-state index in [4.69, 9.17) is 0 Å². The summed E-state index contributed by atoms with van der Waals surface area (Å²) < 4.78 is 39.1. The number of carbonyl (C=O) groups excluding carboxylic acids is 1. The van der Waals surface area contributed by atoms with Crippen LogP contribution in [0.2, 0.25) is 0 Å². The Morgan fingerprint density at radius 1 is 1.19 bits per heavy atom. The van der Waals surface area contributed by atoms with Crippen LogP contribution in [-0.2, 0) is 20.6 Å². The zero-order valence-corrected chi connectivity index (χ0v) is 16.4. The molecule has 0 aromatic heterocycles. The molecule has 1 amide bonds. The van der Waals surface area contributed by atoms with Gasteiger partial charge >= 0.3 is 0 Å². The highest BCUT2D eigenvalue weighted by Gasteiger charge is 2.18. The van der Waals surface area contributed by atoms with Gasteiger partial charge in [0.1, 0.15) is 5.82 Å². The first-order valence-electron chi connectivity index (χ1n) is 7.90. The van der Waals surface area contributed by atoms with E-state index in [0.29, 0.717) is 5.75 Å². The van der Waals surface area contributed by atoms with E-state index in [1.54, 1.807) is 31.2 Å². The highest BCUT2D eigenvalue weighted by atomic mass is 32.2. The lowest BCUT2D eigenvalue weighted by atomic mass is 10.2. The van der Waals surface area contributed by atoms with E-state index in [1.165, 1.54) is 44.1 Å².